The van der Waals surface area contributed by atoms with Gasteiger partial charge in [0.15, 0.2) is 0 Å². The van der Waals surface area contributed by atoms with Crippen molar-refractivity contribution in [2.45, 2.75) is 63.5 Å². The van der Waals surface area contributed by atoms with Crippen molar-refractivity contribution < 1.29 is 46.1 Å². The van der Waals surface area contributed by atoms with E-state index in [0.717, 1.165) is 12.6 Å². The van der Waals surface area contributed by atoms with Crippen LogP contribution in [-0.4, -0.2) is 92.9 Å². The van der Waals surface area contributed by atoms with E-state index in [9.17, 15) is 26.3 Å². The van der Waals surface area contributed by atoms with Crippen LogP contribution in [0.25, 0.3) is 0 Å². The Labute approximate surface area is 193 Å². The van der Waals surface area contributed by atoms with E-state index in [-0.39, 0.29) is 0 Å². The molecule has 1 aliphatic carbocycles. The number of hydrogen-bond acceptors (Lipinski definition) is 5. The molecule has 0 bridgehead atoms. The molecule has 34 heavy (non-hydrogen) atoms. The maximum atomic E-state index is 10.6. The Morgan fingerprint density at radius 3 is 1.88 bits per heavy atom. The topological polar surface area (TPSA) is 98.9 Å². The molecule has 0 radical (unpaired) electrons. The van der Waals surface area contributed by atoms with Crippen LogP contribution in [0, 0.1) is 0 Å². The second-order valence-corrected chi connectivity index (χ2v) is 7.90. The number of halogens is 6. The van der Waals surface area contributed by atoms with Gasteiger partial charge in [-0.05, 0) is 51.4 Å². The number of hydrogen-bond donors (Lipinski definition) is 2. The van der Waals surface area contributed by atoms with E-state index in [4.69, 9.17) is 19.8 Å². The van der Waals surface area contributed by atoms with Crippen LogP contribution >= 0.6 is 0 Å². The van der Waals surface area contributed by atoms with Crippen molar-refractivity contribution in [1.82, 2.24) is 19.6 Å². The molecular formula is C20H30F6N4O4. The Kier molecular flexibility index (Phi) is 12.3. The molecule has 8 nitrogen and oxygen atoms in total. The molecule has 1 saturated carbocycles. The van der Waals surface area contributed by atoms with Crippen molar-refractivity contribution >= 4 is 11.9 Å². The van der Waals surface area contributed by atoms with Crippen molar-refractivity contribution in [3.63, 3.8) is 0 Å². The number of alkyl halides is 6. The summed E-state index contributed by atoms with van der Waals surface area (Å²) in [6, 6.07) is 2.91. The molecule has 0 atom stereocenters. The lowest BCUT2D eigenvalue weighted by molar-refractivity contribution is -0.193. The number of aromatic nitrogens is 2. The summed E-state index contributed by atoms with van der Waals surface area (Å²) in [5.74, 6) is -5.51. The minimum atomic E-state index is -5.08. The molecule has 0 spiro atoms. The highest BCUT2D eigenvalue weighted by Crippen LogP contribution is 2.24. The maximum Gasteiger partial charge on any atom is 0.490 e. The number of carbonyl (C=O) groups is 2. The van der Waals surface area contributed by atoms with E-state index in [1.54, 1.807) is 0 Å². The van der Waals surface area contributed by atoms with Gasteiger partial charge in [-0.15, -0.1) is 0 Å². The number of nitrogens with zero attached hydrogens (tertiary/aromatic N) is 4. The first-order valence-corrected chi connectivity index (χ1v) is 10.8. The summed E-state index contributed by atoms with van der Waals surface area (Å²) in [7, 11) is 0. The highest BCUT2D eigenvalue weighted by molar-refractivity contribution is 5.73. The van der Waals surface area contributed by atoms with E-state index in [0.29, 0.717) is 0 Å². The molecule has 0 amide bonds. The van der Waals surface area contributed by atoms with Crippen LogP contribution in [0.15, 0.2) is 18.5 Å². The molecule has 2 fully saturated rings. The summed E-state index contributed by atoms with van der Waals surface area (Å²) in [4.78, 5) is 23.2. The summed E-state index contributed by atoms with van der Waals surface area (Å²) in [5, 5.41) is 18.5. The molecule has 3 rings (SSSR count). The van der Waals surface area contributed by atoms with Crippen LogP contribution in [0.2, 0.25) is 0 Å². The molecule has 0 unspecified atom stereocenters. The van der Waals surface area contributed by atoms with E-state index in [1.807, 2.05) is 16.9 Å². The first-order chi connectivity index (χ1) is 15.8. The van der Waals surface area contributed by atoms with Gasteiger partial charge in [0, 0.05) is 38.1 Å². The molecule has 14 heteroatoms. The van der Waals surface area contributed by atoms with E-state index in [1.165, 1.54) is 71.2 Å². The van der Waals surface area contributed by atoms with Gasteiger partial charge in [-0.2, -0.15) is 31.4 Å². The lowest BCUT2D eigenvalue weighted by atomic mass is 10.2. The molecule has 1 saturated heterocycles. The SMILES string of the molecule is O=C(O)C(F)(F)F.O=C(O)C(F)(F)F.c1cnn(CCCN2CCCN(C3CCCC3)CC2)c1. The first-order valence-electron chi connectivity index (χ1n) is 10.8. The van der Waals surface area contributed by atoms with Gasteiger partial charge in [-0.1, -0.05) is 12.8 Å². The van der Waals surface area contributed by atoms with E-state index >= 15 is 0 Å². The van der Waals surface area contributed by atoms with Crippen molar-refractivity contribution in [1.29, 1.82) is 0 Å². The van der Waals surface area contributed by atoms with E-state index in [2.05, 4.69) is 21.1 Å². The third-order valence-corrected chi connectivity index (χ3v) is 5.37. The van der Waals surface area contributed by atoms with Crippen LogP contribution in [-0.2, 0) is 16.1 Å². The number of rotatable bonds is 5. The highest BCUT2D eigenvalue weighted by Gasteiger charge is 2.38. The third kappa shape index (κ3) is 12.2. The van der Waals surface area contributed by atoms with Gasteiger partial charge in [0.25, 0.3) is 0 Å². The second kappa shape index (κ2) is 14.1. The van der Waals surface area contributed by atoms with Crippen molar-refractivity contribution in [3.05, 3.63) is 18.5 Å². The van der Waals surface area contributed by atoms with Gasteiger partial charge in [-0.25, -0.2) is 9.59 Å². The molecule has 2 aliphatic rings. The fourth-order valence-corrected chi connectivity index (χ4v) is 3.74. The minimum Gasteiger partial charge on any atom is -0.475 e. The summed E-state index contributed by atoms with van der Waals surface area (Å²) in [6.07, 6.45) is 2.11. The first kappa shape index (κ1) is 29.7. The Morgan fingerprint density at radius 2 is 1.41 bits per heavy atom. The van der Waals surface area contributed by atoms with Gasteiger partial charge in [0.1, 0.15) is 0 Å². The van der Waals surface area contributed by atoms with Crippen LogP contribution in [0.5, 0.6) is 0 Å². The summed E-state index contributed by atoms with van der Waals surface area (Å²) in [5.41, 5.74) is 0. The van der Waals surface area contributed by atoms with Crippen LogP contribution < -0.4 is 0 Å². The van der Waals surface area contributed by atoms with Crippen molar-refractivity contribution in [2.24, 2.45) is 0 Å². The average molecular weight is 504 g/mol. The Hall–Kier alpha value is -2.35. The van der Waals surface area contributed by atoms with Crippen LogP contribution in [0.4, 0.5) is 26.3 Å². The summed E-state index contributed by atoms with van der Waals surface area (Å²) >= 11 is 0. The van der Waals surface area contributed by atoms with Gasteiger partial charge >= 0.3 is 24.3 Å². The number of aryl methyl sites for hydroxylation is 1. The van der Waals surface area contributed by atoms with E-state index < -0.39 is 24.3 Å². The van der Waals surface area contributed by atoms with Gasteiger partial charge in [-0.3, -0.25) is 9.58 Å². The van der Waals surface area contributed by atoms with Gasteiger partial charge in [0.05, 0.1) is 0 Å². The summed E-state index contributed by atoms with van der Waals surface area (Å²) in [6.45, 7) is 7.42. The molecule has 0 aromatic carbocycles. The highest BCUT2D eigenvalue weighted by atomic mass is 19.4. The number of carboxylic acid groups (broad SMARTS) is 2. The predicted molar refractivity (Wildman–Crippen MR) is 109 cm³/mol. The zero-order chi connectivity index (χ0) is 25.8. The normalized spacial score (nSPS) is 18.3. The van der Waals surface area contributed by atoms with Gasteiger partial charge in [0.2, 0.25) is 0 Å². The number of carboxylic acids is 2. The Balaban J connectivity index is 0.000000343. The third-order valence-electron chi connectivity index (χ3n) is 5.37. The quantitative estimate of drug-likeness (QED) is 0.593. The smallest absolute Gasteiger partial charge is 0.475 e. The molecule has 2 heterocycles. The minimum absolute atomic E-state index is 0.902. The summed E-state index contributed by atoms with van der Waals surface area (Å²) < 4.78 is 65.5. The fraction of sp³-hybridized carbons (Fsp3) is 0.750. The lowest BCUT2D eigenvalue weighted by Crippen LogP contribution is -2.37. The Bertz CT molecular complexity index is 698. The van der Waals surface area contributed by atoms with Crippen molar-refractivity contribution in [3.8, 4) is 0 Å². The van der Waals surface area contributed by atoms with Crippen LogP contribution in [0.3, 0.4) is 0 Å². The van der Waals surface area contributed by atoms with Gasteiger partial charge < -0.3 is 15.1 Å². The molecule has 1 aromatic rings. The average Bonchev–Trinajstić information content (AvgIpc) is 3.40. The molecule has 196 valence electrons. The lowest BCUT2D eigenvalue weighted by Gasteiger charge is -2.27. The van der Waals surface area contributed by atoms with Crippen molar-refractivity contribution in [2.75, 3.05) is 32.7 Å². The second-order valence-electron chi connectivity index (χ2n) is 7.90. The molecule has 1 aromatic heterocycles. The monoisotopic (exact) mass is 504 g/mol. The number of aliphatic carboxylic acids is 2. The zero-order valence-corrected chi connectivity index (χ0v) is 18.6. The Morgan fingerprint density at radius 1 is 0.853 bits per heavy atom. The molecule has 1 aliphatic heterocycles. The largest absolute Gasteiger partial charge is 0.490 e. The predicted octanol–water partition coefficient (Wildman–Crippen LogP) is 3.49. The fourth-order valence-electron chi connectivity index (χ4n) is 3.74. The zero-order valence-electron chi connectivity index (χ0n) is 18.6. The standard InChI is InChI=1S/C16H28N4.2C2HF3O2/c1-2-7-16(6-1)19-11-4-9-18(14-15-19)10-5-13-20-12-3-8-17-20;2*3-2(4,5)1(6)7/h3,8,12,16H,1-2,4-7,9-11,13-15H2;2*(H,6,7). The maximum absolute atomic E-state index is 10.6. The van der Waals surface area contributed by atoms with Crippen LogP contribution in [0.1, 0.15) is 38.5 Å². The molecular weight excluding hydrogens is 474 g/mol. The molecule has 2 N–H and O–H groups in total.